The van der Waals surface area contributed by atoms with Crippen LogP contribution in [0.5, 0.6) is 0 Å². The predicted octanol–water partition coefficient (Wildman–Crippen LogP) is 1.59. The molecule has 1 atom stereocenters. The molecule has 0 aliphatic heterocycles. The van der Waals surface area contributed by atoms with Crippen molar-refractivity contribution < 1.29 is 0 Å². The Labute approximate surface area is 65.3 Å². The normalized spacial score (nSPS) is 21.9. The van der Waals surface area contributed by atoms with E-state index in [1.165, 1.54) is 25.7 Å². The zero-order valence-electron chi connectivity index (χ0n) is 6.85. The van der Waals surface area contributed by atoms with Gasteiger partial charge in [-0.2, -0.15) is 0 Å². The van der Waals surface area contributed by atoms with E-state index >= 15 is 0 Å². The van der Waals surface area contributed by atoms with Gasteiger partial charge in [0.15, 0.2) is 0 Å². The molecule has 60 valence electrons. The monoisotopic (exact) mass is 160 g/mol. The van der Waals surface area contributed by atoms with Gasteiger partial charge >= 0.3 is 0 Å². The smallest absolute Gasteiger partial charge is 0.0209 e. The number of hydrogen-bond acceptors (Lipinski definition) is 2. The number of nitrogens with one attached hydrogen (secondary N) is 1. The molecule has 1 fully saturated rings. The third kappa shape index (κ3) is 2.96. The largest absolute Gasteiger partial charge is 0.283 e. The first-order chi connectivity index (χ1) is 4.79. The van der Waals surface area contributed by atoms with Crippen molar-refractivity contribution in [2.24, 2.45) is 0 Å². The summed E-state index contributed by atoms with van der Waals surface area (Å²) >= 11 is 0. The fourth-order valence-corrected chi connectivity index (χ4v) is 2.02. The van der Waals surface area contributed by atoms with Crippen LogP contribution in [0.2, 0.25) is 0 Å². The number of hydrogen-bond donors (Lipinski definition) is 1. The van der Waals surface area contributed by atoms with Gasteiger partial charge in [-0.25, -0.2) is 0 Å². The van der Waals surface area contributed by atoms with Gasteiger partial charge in [0.25, 0.3) is 0 Å². The Hall–Kier alpha value is 0.350. The molecule has 3 heteroatoms. The lowest BCUT2D eigenvalue weighted by molar-refractivity contribution is 0.613. The molecular weight excluding hydrogens is 143 g/mol. The molecule has 0 saturated heterocycles. The van der Waals surface area contributed by atoms with Gasteiger partial charge in [-0.05, 0) is 26.9 Å². The fraction of sp³-hybridized carbons (Fsp3) is 1.00. The zero-order chi connectivity index (χ0) is 7.40. The molecule has 0 aromatic heterocycles. The Morgan fingerprint density at radius 2 is 1.90 bits per heavy atom. The molecule has 1 aliphatic carbocycles. The summed E-state index contributed by atoms with van der Waals surface area (Å²) in [5.41, 5.74) is 0. The van der Waals surface area contributed by atoms with Crippen LogP contribution in [-0.4, -0.2) is 24.8 Å². The topological polar surface area (TPSA) is 15.3 Å². The maximum atomic E-state index is 3.53. The molecule has 0 aromatic rings. The van der Waals surface area contributed by atoms with Crippen molar-refractivity contribution in [3.8, 4) is 0 Å². The SMILES string of the molecule is CN(C)PNC1CCCC1. The molecular formula is C7H17N2P. The highest BCUT2D eigenvalue weighted by atomic mass is 31.1. The van der Waals surface area contributed by atoms with Gasteiger partial charge in [-0.15, -0.1) is 0 Å². The van der Waals surface area contributed by atoms with Crippen LogP contribution in [0.4, 0.5) is 0 Å². The van der Waals surface area contributed by atoms with E-state index in [2.05, 4.69) is 23.9 Å². The Morgan fingerprint density at radius 1 is 1.30 bits per heavy atom. The summed E-state index contributed by atoms with van der Waals surface area (Å²) in [6.45, 7) is 0. The van der Waals surface area contributed by atoms with Crippen LogP contribution in [0, 0.1) is 0 Å². The van der Waals surface area contributed by atoms with Gasteiger partial charge in [-0.3, -0.25) is 9.76 Å². The second-order valence-corrected chi connectivity index (χ2v) is 4.54. The van der Waals surface area contributed by atoms with Crippen molar-refractivity contribution in [2.45, 2.75) is 31.7 Å². The molecule has 0 aromatic carbocycles. The molecule has 0 bridgehead atoms. The van der Waals surface area contributed by atoms with E-state index in [9.17, 15) is 0 Å². The van der Waals surface area contributed by atoms with Gasteiger partial charge in [0.2, 0.25) is 0 Å². The van der Waals surface area contributed by atoms with E-state index in [1.807, 2.05) is 0 Å². The average Bonchev–Trinajstić information content (AvgIpc) is 2.34. The summed E-state index contributed by atoms with van der Waals surface area (Å²) in [4.78, 5) is 0. The van der Waals surface area contributed by atoms with Gasteiger partial charge in [0.05, 0.1) is 0 Å². The van der Waals surface area contributed by atoms with E-state index < -0.39 is 0 Å². The van der Waals surface area contributed by atoms with E-state index in [4.69, 9.17) is 0 Å². The molecule has 0 spiro atoms. The molecule has 0 radical (unpaired) electrons. The van der Waals surface area contributed by atoms with Gasteiger partial charge in [-0.1, -0.05) is 12.8 Å². The molecule has 0 heterocycles. The third-order valence-corrected chi connectivity index (χ3v) is 2.83. The third-order valence-electron chi connectivity index (χ3n) is 1.85. The van der Waals surface area contributed by atoms with Crippen molar-refractivity contribution in [1.29, 1.82) is 0 Å². The van der Waals surface area contributed by atoms with Crippen molar-refractivity contribution in [2.75, 3.05) is 14.1 Å². The Bertz CT molecular complexity index is 89.6. The maximum Gasteiger partial charge on any atom is 0.0209 e. The van der Waals surface area contributed by atoms with Crippen molar-refractivity contribution >= 4 is 8.88 Å². The van der Waals surface area contributed by atoms with Crippen LogP contribution >= 0.6 is 8.88 Å². The second kappa shape index (κ2) is 4.27. The van der Waals surface area contributed by atoms with Crippen LogP contribution in [0.15, 0.2) is 0 Å². The first-order valence-electron chi connectivity index (χ1n) is 3.97. The summed E-state index contributed by atoms with van der Waals surface area (Å²) < 4.78 is 2.21. The second-order valence-electron chi connectivity index (χ2n) is 3.13. The van der Waals surface area contributed by atoms with Crippen LogP contribution < -0.4 is 5.09 Å². The van der Waals surface area contributed by atoms with Crippen molar-refractivity contribution in [3.63, 3.8) is 0 Å². The highest BCUT2D eigenvalue weighted by Crippen LogP contribution is 2.21. The van der Waals surface area contributed by atoms with Crippen LogP contribution in [0.25, 0.3) is 0 Å². The van der Waals surface area contributed by atoms with Gasteiger partial charge in [0.1, 0.15) is 0 Å². The van der Waals surface area contributed by atoms with E-state index in [0.29, 0.717) is 0 Å². The first-order valence-corrected chi connectivity index (χ1v) is 4.92. The number of nitrogens with zero attached hydrogens (tertiary/aromatic N) is 1. The fourth-order valence-electron chi connectivity index (χ4n) is 1.29. The lowest BCUT2D eigenvalue weighted by Crippen LogP contribution is -2.20. The first kappa shape index (κ1) is 8.45. The molecule has 1 unspecified atom stereocenters. The van der Waals surface area contributed by atoms with E-state index in [-0.39, 0.29) is 0 Å². The Kier molecular flexibility index (Phi) is 3.61. The quantitative estimate of drug-likeness (QED) is 0.631. The number of rotatable bonds is 3. The van der Waals surface area contributed by atoms with Crippen molar-refractivity contribution in [3.05, 3.63) is 0 Å². The van der Waals surface area contributed by atoms with Gasteiger partial charge < -0.3 is 0 Å². The predicted molar refractivity (Wildman–Crippen MR) is 47.4 cm³/mol. The highest BCUT2D eigenvalue weighted by Gasteiger charge is 2.13. The summed E-state index contributed by atoms with van der Waals surface area (Å²) in [6.07, 6.45) is 5.63. The molecule has 2 nitrogen and oxygen atoms in total. The van der Waals surface area contributed by atoms with Crippen LogP contribution in [0.3, 0.4) is 0 Å². The highest BCUT2D eigenvalue weighted by molar-refractivity contribution is 7.32. The molecule has 10 heavy (non-hydrogen) atoms. The zero-order valence-corrected chi connectivity index (χ0v) is 7.85. The summed E-state index contributed by atoms with van der Waals surface area (Å²) in [5, 5.41) is 3.53. The lowest BCUT2D eigenvalue weighted by atomic mass is 10.3. The van der Waals surface area contributed by atoms with E-state index in [1.54, 1.807) is 0 Å². The van der Waals surface area contributed by atoms with Crippen molar-refractivity contribution in [1.82, 2.24) is 9.76 Å². The summed E-state index contributed by atoms with van der Waals surface area (Å²) in [5.74, 6) is 0. The average molecular weight is 160 g/mol. The standard InChI is InChI=1S/C7H17N2P/c1-9(2)10-8-7-5-3-4-6-7/h7-8,10H,3-6H2,1-2H3. The maximum absolute atomic E-state index is 3.53. The van der Waals surface area contributed by atoms with Gasteiger partial charge in [0, 0.05) is 14.9 Å². The molecule has 1 aliphatic rings. The Balaban J connectivity index is 2.01. The summed E-state index contributed by atoms with van der Waals surface area (Å²) in [6, 6.07) is 0.820. The molecule has 1 N–H and O–H groups in total. The minimum atomic E-state index is 0.806. The summed E-state index contributed by atoms with van der Waals surface area (Å²) in [7, 11) is 5.03. The lowest BCUT2D eigenvalue weighted by Gasteiger charge is -2.15. The van der Waals surface area contributed by atoms with E-state index in [0.717, 1.165) is 14.9 Å². The minimum Gasteiger partial charge on any atom is -0.283 e. The molecule has 0 amide bonds. The molecule has 1 saturated carbocycles. The minimum absolute atomic E-state index is 0.806. The Morgan fingerprint density at radius 3 is 2.40 bits per heavy atom. The van der Waals surface area contributed by atoms with Crippen LogP contribution in [-0.2, 0) is 0 Å². The molecule has 1 rings (SSSR count). The van der Waals surface area contributed by atoms with Crippen LogP contribution in [0.1, 0.15) is 25.7 Å².